The number of imidazole rings is 1. The number of β-amino-alcohol motifs (C(OH)–C–C–N with tert-alkyl or cyclic N) is 1. The normalized spacial score (nSPS) is 26.9. The van der Waals surface area contributed by atoms with E-state index < -0.39 is 5.60 Å². The van der Waals surface area contributed by atoms with Crippen LogP contribution in [-0.2, 0) is 17.4 Å². The molecule has 0 amide bonds. The number of hydrogen-bond donors (Lipinski definition) is 1. The van der Waals surface area contributed by atoms with Gasteiger partial charge < -0.3 is 14.4 Å². The van der Waals surface area contributed by atoms with Gasteiger partial charge in [0.1, 0.15) is 17.5 Å². The SMILES string of the molecule is Cn1ccnc1[C@@H]1OCCC[C@H]1CN1CC(O)(c2ccccc2)C1. The Balaban J connectivity index is 1.41. The first-order valence-corrected chi connectivity index (χ1v) is 8.75. The van der Waals surface area contributed by atoms with E-state index in [1.807, 2.05) is 49.8 Å². The van der Waals surface area contributed by atoms with Crippen molar-refractivity contribution < 1.29 is 9.84 Å². The van der Waals surface area contributed by atoms with Crippen LogP contribution >= 0.6 is 0 Å². The minimum absolute atomic E-state index is 0.0594. The summed E-state index contributed by atoms with van der Waals surface area (Å²) in [6.07, 6.45) is 6.12. The van der Waals surface area contributed by atoms with Crippen LogP contribution in [0.4, 0.5) is 0 Å². The molecule has 0 radical (unpaired) electrons. The Bertz CT molecular complexity index is 679. The molecule has 2 saturated heterocycles. The molecule has 5 heteroatoms. The zero-order valence-corrected chi connectivity index (χ0v) is 14.1. The molecule has 0 unspecified atom stereocenters. The fourth-order valence-corrected chi connectivity index (χ4v) is 4.05. The average Bonchev–Trinajstić information content (AvgIpc) is 3.00. The molecule has 2 aliphatic rings. The van der Waals surface area contributed by atoms with Crippen molar-refractivity contribution in [1.82, 2.24) is 14.5 Å². The maximum Gasteiger partial charge on any atom is 0.137 e. The maximum atomic E-state index is 10.8. The van der Waals surface area contributed by atoms with Crippen LogP contribution in [0, 0.1) is 5.92 Å². The highest BCUT2D eigenvalue weighted by Gasteiger charge is 2.44. The van der Waals surface area contributed by atoms with Gasteiger partial charge in [-0.15, -0.1) is 0 Å². The summed E-state index contributed by atoms with van der Waals surface area (Å²) in [6, 6.07) is 9.99. The summed E-state index contributed by atoms with van der Waals surface area (Å²) in [5.41, 5.74) is 0.317. The van der Waals surface area contributed by atoms with Gasteiger partial charge in [0.25, 0.3) is 0 Å². The van der Waals surface area contributed by atoms with Gasteiger partial charge in [0.15, 0.2) is 0 Å². The molecule has 1 aromatic carbocycles. The third-order valence-corrected chi connectivity index (χ3v) is 5.33. The topological polar surface area (TPSA) is 50.5 Å². The number of aryl methyl sites for hydroxylation is 1. The number of aliphatic hydroxyl groups is 1. The van der Waals surface area contributed by atoms with Crippen LogP contribution < -0.4 is 0 Å². The predicted molar refractivity (Wildman–Crippen MR) is 91.4 cm³/mol. The number of hydrogen-bond acceptors (Lipinski definition) is 4. The quantitative estimate of drug-likeness (QED) is 0.934. The molecule has 3 heterocycles. The molecule has 0 spiro atoms. The first-order valence-electron chi connectivity index (χ1n) is 8.75. The fraction of sp³-hybridized carbons (Fsp3) is 0.526. The van der Waals surface area contributed by atoms with Crippen LogP contribution in [0.2, 0.25) is 0 Å². The van der Waals surface area contributed by atoms with Gasteiger partial charge >= 0.3 is 0 Å². The lowest BCUT2D eigenvalue weighted by atomic mass is 9.84. The minimum Gasteiger partial charge on any atom is -0.382 e. The molecular weight excluding hydrogens is 302 g/mol. The highest BCUT2D eigenvalue weighted by atomic mass is 16.5. The van der Waals surface area contributed by atoms with E-state index in [2.05, 4.69) is 14.5 Å². The molecule has 2 aliphatic heterocycles. The average molecular weight is 327 g/mol. The van der Waals surface area contributed by atoms with Gasteiger partial charge in [-0.1, -0.05) is 30.3 Å². The lowest BCUT2D eigenvalue weighted by Crippen LogP contribution is -2.60. The summed E-state index contributed by atoms with van der Waals surface area (Å²) in [6.45, 7) is 3.15. The molecular formula is C19H25N3O2. The highest BCUT2D eigenvalue weighted by Crippen LogP contribution is 2.37. The van der Waals surface area contributed by atoms with Crippen molar-refractivity contribution in [2.75, 3.05) is 26.2 Å². The van der Waals surface area contributed by atoms with E-state index in [1.165, 1.54) is 0 Å². The minimum atomic E-state index is -0.699. The van der Waals surface area contributed by atoms with Crippen LogP contribution in [-0.4, -0.2) is 45.8 Å². The lowest BCUT2D eigenvalue weighted by molar-refractivity contribution is -0.125. The van der Waals surface area contributed by atoms with Crippen LogP contribution in [0.3, 0.4) is 0 Å². The Morgan fingerprint density at radius 1 is 1.29 bits per heavy atom. The molecule has 24 heavy (non-hydrogen) atoms. The maximum absolute atomic E-state index is 10.8. The van der Waals surface area contributed by atoms with Gasteiger partial charge in [-0.05, 0) is 18.4 Å². The number of benzene rings is 1. The molecule has 2 aromatic rings. The van der Waals surface area contributed by atoms with Crippen LogP contribution in [0.25, 0.3) is 0 Å². The van der Waals surface area contributed by atoms with E-state index in [-0.39, 0.29) is 6.10 Å². The van der Waals surface area contributed by atoms with Gasteiger partial charge in [-0.3, -0.25) is 4.90 Å². The van der Waals surface area contributed by atoms with Gasteiger partial charge in [0.05, 0.1) is 0 Å². The molecule has 5 nitrogen and oxygen atoms in total. The number of rotatable bonds is 4. The summed E-state index contributed by atoms with van der Waals surface area (Å²) in [5.74, 6) is 1.44. The van der Waals surface area contributed by atoms with Crippen LogP contribution in [0.15, 0.2) is 42.7 Å². The van der Waals surface area contributed by atoms with Crippen molar-refractivity contribution in [2.45, 2.75) is 24.5 Å². The number of aromatic nitrogens is 2. The highest BCUT2D eigenvalue weighted by molar-refractivity contribution is 5.26. The smallest absolute Gasteiger partial charge is 0.137 e. The molecule has 1 N–H and O–H groups in total. The first kappa shape index (κ1) is 15.8. The second-order valence-electron chi connectivity index (χ2n) is 7.16. The van der Waals surface area contributed by atoms with Crippen molar-refractivity contribution >= 4 is 0 Å². The Labute approximate surface area is 142 Å². The van der Waals surface area contributed by atoms with Crippen molar-refractivity contribution in [2.24, 2.45) is 13.0 Å². The zero-order valence-electron chi connectivity index (χ0n) is 14.1. The third kappa shape index (κ3) is 2.88. The second-order valence-corrected chi connectivity index (χ2v) is 7.16. The Kier molecular flexibility index (Phi) is 4.16. The van der Waals surface area contributed by atoms with Crippen LogP contribution in [0.5, 0.6) is 0 Å². The largest absolute Gasteiger partial charge is 0.382 e. The first-order chi connectivity index (χ1) is 11.7. The molecule has 0 saturated carbocycles. The lowest BCUT2D eigenvalue weighted by Gasteiger charge is -2.49. The van der Waals surface area contributed by atoms with Crippen molar-refractivity contribution in [3.63, 3.8) is 0 Å². The van der Waals surface area contributed by atoms with Gasteiger partial charge in [0.2, 0.25) is 0 Å². The summed E-state index contributed by atoms with van der Waals surface area (Å²) in [5, 5.41) is 10.8. The zero-order chi connectivity index (χ0) is 16.6. The molecule has 128 valence electrons. The monoisotopic (exact) mass is 327 g/mol. The van der Waals surface area contributed by atoms with Crippen molar-refractivity contribution in [1.29, 1.82) is 0 Å². The molecule has 4 rings (SSSR count). The van der Waals surface area contributed by atoms with E-state index in [1.54, 1.807) is 0 Å². The predicted octanol–water partition coefficient (Wildman–Crippen LogP) is 2.09. The summed E-state index contributed by atoms with van der Waals surface area (Å²) >= 11 is 0. The third-order valence-electron chi connectivity index (χ3n) is 5.33. The standard InChI is InChI=1S/C19H25N3O2/c1-21-10-9-20-18(21)17-15(6-5-11-24-17)12-22-13-19(23,14-22)16-7-3-2-4-8-16/h2-4,7-10,15,17,23H,5-6,11-14H2,1H3/t15-,17+/m0/s1. The van der Waals surface area contributed by atoms with Gasteiger partial charge in [-0.25, -0.2) is 4.98 Å². The van der Waals surface area contributed by atoms with E-state index in [4.69, 9.17) is 4.74 Å². The summed E-state index contributed by atoms with van der Waals surface area (Å²) in [4.78, 5) is 6.82. The van der Waals surface area contributed by atoms with Gasteiger partial charge in [0, 0.05) is 51.6 Å². The number of ether oxygens (including phenoxy) is 1. The Morgan fingerprint density at radius 2 is 2.08 bits per heavy atom. The second kappa shape index (κ2) is 6.31. The van der Waals surface area contributed by atoms with E-state index in [0.717, 1.165) is 37.4 Å². The fourth-order valence-electron chi connectivity index (χ4n) is 4.05. The molecule has 1 aromatic heterocycles. The Morgan fingerprint density at radius 3 is 2.79 bits per heavy atom. The van der Waals surface area contributed by atoms with E-state index >= 15 is 0 Å². The molecule has 0 bridgehead atoms. The van der Waals surface area contributed by atoms with E-state index in [9.17, 15) is 5.11 Å². The van der Waals surface area contributed by atoms with E-state index in [0.29, 0.717) is 19.0 Å². The number of nitrogens with zero attached hydrogens (tertiary/aromatic N) is 3. The van der Waals surface area contributed by atoms with Crippen LogP contribution in [0.1, 0.15) is 30.3 Å². The Hall–Kier alpha value is -1.69. The summed E-state index contributed by atoms with van der Waals surface area (Å²) in [7, 11) is 2.02. The van der Waals surface area contributed by atoms with Crippen molar-refractivity contribution in [3.8, 4) is 0 Å². The number of likely N-dealkylation sites (tertiary alicyclic amines) is 1. The van der Waals surface area contributed by atoms with Crippen molar-refractivity contribution in [3.05, 3.63) is 54.1 Å². The van der Waals surface area contributed by atoms with Gasteiger partial charge in [-0.2, -0.15) is 0 Å². The summed E-state index contributed by atoms with van der Waals surface area (Å²) < 4.78 is 8.10. The molecule has 2 atom stereocenters. The molecule has 0 aliphatic carbocycles. The molecule has 2 fully saturated rings.